The SMILES string of the molecule is C#Cc1c(F)ccc2cccc(-c3ncc4c(N5CC6CCC(C5)N6)nc(OC[C@@]56CCCN5[C@H](COC(=O)N5CCC(OC7CCN(c8ccc9c(c8)n(C)c(=O)n9C8CCC(=O)NC8=O)CC7)CC5)CC6)nc4c3F)c12. The lowest BCUT2D eigenvalue weighted by molar-refractivity contribution is -0.135. The van der Waals surface area contributed by atoms with Crippen LogP contribution in [0.5, 0.6) is 6.01 Å². The van der Waals surface area contributed by atoms with Gasteiger partial charge in [0.1, 0.15) is 42.1 Å². The number of anilines is 2. The molecule has 3 amide bonds. The molecule has 3 aromatic carbocycles. The van der Waals surface area contributed by atoms with Crippen molar-refractivity contribution in [2.24, 2.45) is 7.05 Å². The number of carbonyl (C=O) groups is 3. The van der Waals surface area contributed by atoms with Crippen LogP contribution in [-0.2, 0) is 26.1 Å². The highest BCUT2D eigenvalue weighted by molar-refractivity contribution is 6.02. The zero-order valence-electron chi connectivity index (χ0n) is 43.7. The number of nitrogens with one attached hydrogen (secondary N) is 2. The van der Waals surface area contributed by atoms with Crippen molar-refractivity contribution in [3.63, 3.8) is 0 Å². The highest BCUT2D eigenvalue weighted by atomic mass is 19.1. The average molecular weight is 1060 g/mol. The number of piperidine rings is 3. The molecule has 5 atom stereocenters. The third-order valence-electron chi connectivity index (χ3n) is 17.9. The molecule has 18 nitrogen and oxygen atoms in total. The summed E-state index contributed by atoms with van der Waals surface area (Å²) < 4.78 is 54.6. The molecule has 7 fully saturated rings. The number of rotatable bonds is 11. The minimum absolute atomic E-state index is 0.0121. The Hall–Kier alpha value is -7.21. The maximum atomic E-state index is 17.2. The van der Waals surface area contributed by atoms with Crippen molar-refractivity contribution in [2.75, 3.05) is 68.8 Å². The normalized spacial score (nSPS) is 25.1. The van der Waals surface area contributed by atoms with E-state index in [1.807, 2.05) is 24.3 Å². The second-order valence-electron chi connectivity index (χ2n) is 22.5. The number of hydrogen-bond donors (Lipinski definition) is 2. The first-order chi connectivity index (χ1) is 37.9. The molecule has 78 heavy (non-hydrogen) atoms. The van der Waals surface area contributed by atoms with Crippen LogP contribution in [0.4, 0.5) is 25.1 Å². The Balaban J connectivity index is 0.625. The van der Waals surface area contributed by atoms with Gasteiger partial charge in [-0.15, -0.1) is 6.42 Å². The van der Waals surface area contributed by atoms with Crippen LogP contribution in [0.2, 0.25) is 0 Å². The summed E-state index contributed by atoms with van der Waals surface area (Å²) in [5.41, 5.74) is 2.28. The van der Waals surface area contributed by atoms with Gasteiger partial charge in [0.15, 0.2) is 5.82 Å². The van der Waals surface area contributed by atoms with Crippen LogP contribution in [0.3, 0.4) is 0 Å². The molecule has 3 unspecified atom stereocenters. The van der Waals surface area contributed by atoms with Gasteiger partial charge >= 0.3 is 17.8 Å². The largest absolute Gasteiger partial charge is 0.461 e. The molecule has 7 aliphatic rings. The predicted octanol–water partition coefficient (Wildman–Crippen LogP) is 6.34. The summed E-state index contributed by atoms with van der Waals surface area (Å²) in [5, 5.41) is 7.58. The van der Waals surface area contributed by atoms with Crippen LogP contribution in [0.1, 0.15) is 88.7 Å². The standard InChI is InChI=1S/C58H63F2N11O7/c1-3-41-44(59)12-8-34-6-4-7-42(49(34)41)51-50(60)52-43(29-61-51)53(69-30-35-9-10-36(31-69)62-35)65-55(64-52)77-33-58-21-5-23-70(58)38(16-22-58)32-76-57(75)68-26-19-40(20-27-68)78-39-17-24-67(25-18-39)37-11-13-45-47(28-37)66(2)56(74)71(45)46-14-15-48(72)63-54(46)73/h1,4,6-8,11-13,28-29,35-36,38-40,46,62H,5,9-10,14-27,30-33H2,2H3,(H,63,72,73)/t35?,36?,38-,46?,58-/m0/s1. The summed E-state index contributed by atoms with van der Waals surface area (Å²) in [6, 6.07) is 14.1. The van der Waals surface area contributed by atoms with Crippen molar-refractivity contribution in [3.05, 3.63) is 82.4 Å². The number of halogens is 2. The zero-order chi connectivity index (χ0) is 53.4. The number of amides is 3. The molecule has 7 aliphatic heterocycles. The van der Waals surface area contributed by atoms with Crippen molar-refractivity contribution >= 4 is 62.1 Å². The molecule has 7 saturated heterocycles. The second kappa shape index (κ2) is 20.2. The van der Waals surface area contributed by atoms with Gasteiger partial charge in [0, 0.05) is 93.7 Å². The van der Waals surface area contributed by atoms with E-state index < -0.39 is 23.6 Å². The lowest BCUT2D eigenvalue weighted by Crippen LogP contribution is -2.51. The van der Waals surface area contributed by atoms with E-state index in [0.717, 1.165) is 95.0 Å². The fourth-order valence-corrected chi connectivity index (χ4v) is 13.9. The van der Waals surface area contributed by atoms with E-state index in [2.05, 4.69) is 36.2 Å². The molecule has 0 saturated carbocycles. The summed E-state index contributed by atoms with van der Waals surface area (Å²) in [4.78, 5) is 74.4. The number of ether oxygens (including phenoxy) is 3. The molecule has 0 spiro atoms. The fourth-order valence-electron chi connectivity index (χ4n) is 13.9. The highest BCUT2D eigenvalue weighted by Gasteiger charge is 2.50. The molecule has 0 radical (unpaired) electrons. The highest BCUT2D eigenvalue weighted by Crippen LogP contribution is 2.44. The van der Waals surface area contributed by atoms with Gasteiger partial charge < -0.3 is 34.2 Å². The number of terminal acetylenes is 1. The quantitative estimate of drug-likeness (QED) is 0.108. The minimum atomic E-state index is -0.727. The number of piperazine rings is 1. The molecule has 0 aliphatic carbocycles. The number of carbonyl (C=O) groups excluding carboxylic acids is 3. The number of fused-ring (bicyclic) bond motifs is 6. The number of imide groups is 1. The summed E-state index contributed by atoms with van der Waals surface area (Å²) in [7, 11) is 1.71. The Morgan fingerprint density at radius 1 is 0.872 bits per heavy atom. The number of nitrogens with zero attached hydrogens (tertiary/aromatic N) is 9. The molecule has 406 valence electrons. The van der Waals surface area contributed by atoms with E-state index in [1.165, 1.54) is 10.6 Å². The van der Waals surface area contributed by atoms with Crippen LogP contribution in [0.15, 0.2) is 59.5 Å². The van der Waals surface area contributed by atoms with E-state index >= 15 is 8.78 Å². The number of aryl methyl sites for hydroxylation is 1. The number of aromatic nitrogens is 5. The average Bonchev–Trinajstić information content (AvgIpc) is 4.20. The maximum Gasteiger partial charge on any atom is 0.409 e. The van der Waals surface area contributed by atoms with Gasteiger partial charge in [-0.1, -0.05) is 30.2 Å². The fraction of sp³-hybridized carbons (Fsp3) is 0.500. The van der Waals surface area contributed by atoms with Gasteiger partial charge in [0.2, 0.25) is 11.8 Å². The van der Waals surface area contributed by atoms with Crippen LogP contribution in [-0.4, -0.2) is 147 Å². The Labute approximate surface area is 449 Å². The van der Waals surface area contributed by atoms with Crippen molar-refractivity contribution in [3.8, 4) is 29.6 Å². The van der Waals surface area contributed by atoms with E-state index in [4.69, 9.17) is 30.6 Å². The van der Waals surface area contributed by atoms with Gasteiger partial charge in [-0.2, -0.15) is 9.97 Å². The topological polar surface area (TPSA) is 182 Å². The first-order valence-corrected chi connectivity index (χ1v) is 27.7. The first kappa shape index (κ1) is 50.3. The number of benzene rings is 3. The number of hydrogen-bond acceptors (Lipinski definition) is 14. The summed E-state index contributed by atoms with van der Waals surface area (Å²) in [5.74, 6) is 1.03. The lowest BCUT2D eigenvalue weighted by atomic mass is 9.95. The molecular weight excluding hydrogens is 1000 g/mol. The molecule has 2 N–H and O–H groups in total. The predicted molar refractivity (Wildman–Crippen MR) is 288 cm³/mol. The van der Waals surface area contributed by atoms with Gasteiger partial charge in [0.05, 0.1) is 39.7 Å². The zero-order valence-corrected chi connectivity index (χ0v) is 43.7. The van der Waals surface area contributed by atoms with Crippen LogP contribution in [0.25, 0.3) is 44.0 Å². The molecule has 13 rings (SSSR count). The Morgan fingerprint density at radius 3 is 2.42 bits per heavy atom. The summed E-state index contributed by atoms with van der Waals surface area (Å²) in [6.07, 6.45) is 16.5. The molecule has 10 heterocycles. The Morgan fingerprint density at radius 2 is 1.65 bits per heavy atom. The first-order valence-electron chi connectivity index (χ1n) is 27.7. The molecule has 6 aromatic rings. The monoisotopic (exact) mass is 1060 g/mol. The van der Waals surface area contributed by atoms with Crippen molar-refractivity contribution in [2.45, 2.75) is 119 Å². The van der Waals surface area contributed by atoms with Crippen LogP contribution < -0.4 is 30.9 Å². The number of pyridine rings is 1. The molecule has 3 aromatic heterocycles. The smallest absolute Gasteiger partial charge is 0.409 e. The van der Waals surface area contributed by atoms with Gasteiger partial charge in [-0.3, -0.25) is 33.9 Å². The van der Waals surface area contributed by atoms with E-state index in [0.29, 0.717) is 59.2 Å². The Kier molecular flexibility index (Phi) is 13.0. The Bertz CT molecular complexity index is 3480. The van der Waals surface area contributed by atoms with E-state index in [1.54, 1.807) is 40.9 Å². The third-order valence-corrected chi connectivity index (χ3v) is 17.9. The minimum Gasteiger partial charge on any atom is -0.461 e. The molecule has 2 bridgehead atoms. The van der Waals surface area contributed by atoms with Gasteiger partial charge in [0.25, 0.3) is 0 Å². The van der Waals surface area contributed by atoms with Crippen LogP contribution >= 0.6 is 0 Å². The molecule has 20 heteroatoms. The van der Waals surface area contributed by atoms with Gasteiger partial charge in [-0.25, -0.2) is 18.4 Å². The molecular formula is C58H63F2N11O7. The van der Waals surface area contributed by atoms with E-state index in [9.17, 15) is 19.2 Å². The lowest BCUT2D eigenvalue weighted by Gasteiger charge is -2.38. The van der Waals surface area contributed by atoms with E-state index in [-0.39, 0.29) is 102 Å². The summed E-state index contributed by atoms with van der Waals surface area (Å²) >= 11 is 0. The van der Waals surface area contributed by atoms with Crippen molar-refractivity contribution in [1.29, 1.82) is 0 Å². The van der Waals surface area contributed by atoms with Gasteiger partial charge in [-0.05, 0) is 107 Å². The van der Waals surface area contributed by atoms with Crippen molar-refractivity contribution in [1.82, 2.24) is 44.5 Å². The third kappa shape index (κ3) is 8.96. The number of imidazole rings is 1. The number of likely N-dealkylation sites (tertiary alicyclic amines) is 1. The van der Waals surface area contributed by atoms with Crippen molar-refractivity contribution < 1.29 is 37.4 Å². The second-order valence-corrected chi connectivity index (χ2v) is 22.5. The van der Waals surface area contributed by atoms with Crippen LogP contribution in [0, 0.1) is 24.0 Å². The maximum absolute atomic E-state index is 17.2. The summed E-state index contributed by atoms with van der Waals surface area (Å²) in [6.45, 7) is 5.48.